The zero-order valence-electron chi connectivity index (χ0n) is 13.9. The minimum Gasteiger partial charge on any atom is -0.495 e. The number of anilines is 1. The highest BCUT2D eigenvalue weighted by Crippen LogP contribution is 2.30. The van der Waals surface area contributed by atoms with Crippen LogP contribution in [0.5, 0.6) is 5.75 Å². The van der Waals surface area contributed by atoms with Gasteiger partial charge in [0.2, 0.25) is 0 Å². The van der Waals surface area contributed by atoms with E-state index in [2.05, 4.69) is 5.32 Å². The number of halogens is 1. The third-order valence-corrected chi connectivity index (χ3v) is 3.72. The van der Waals surface area contributed by atoms with Crippen LogP contribution in [0.2, 0.25) is 5.02 Å². The number of carbonyl (C=O) groups excluding carboxylic acids is 2. The Kier molecular flexibility index (Phi) is 6.60. The van der Waals surface area contributed by atoms with E-state index in [1.807, 2.05) is 37.3 Å². The Bertz CT molecular complexity index is 788. The first kappa shape index (κ1) is 18.5. The smallest absolute Gasteiger partial charge is 0.331 e. The van der Waals surface area contributed by atoms with E-state index in [4.69, 9.17) is 21.1 Å². The summed E-state index contributed by atoms with van der Waals surface area (Å²) in [5.74, 6) is -0.640. The summed E-state index contributed by atoms with van der Waals surface area (Å²) in [6, 6.07) is 12.6. The number of hydrogen-bond donors (Lipinski definition) is 1. The van der Waals surface area contributed by atoms with Crippen LogP contribution in [0.25, 0.3) is 6.08 Å². The summed E-state index contributed by atoms with van der Waals surface area (Å²) in [5.41, 5.74) is 2.12. The Morgan fingerprint density at radius 1 is 1.20 bits per heavy atom. The molecule has 1 amide bonds. The van der Waals surface area contributed by atoms with Gasteiger partial charge in [-0.1, -0.05) is 41.9 Å². The molecule has 0 aliphatic carbocycles. The van der Waals surface area contributed by atoms with Crippen molar-refractivity contribution in [3.8, 4) is 5.75 Å². The first-order valence-corrected chi connectivity index (χ1v) is 7.91. The number of carbonyl (C=O) groups is 2. The molecule has 0 aliphatic heterocycles. The number of hydrogen-bond acceptors (Lipinski definition) is 4. The average Bonchev–Trinajstić information content (AvgIpc) is 2.62. The molecule has 2 aromatic rings. The van der Waals surface area contributed by atoms with Crippen LogP contribution in [-0.2, 0) is 14.3 Å². The van der Waals surface area contributed by atoms with Gasteiger partial charge in [0, 0.05) is 17.2 Å². The second kappa shape index (κ2) is 8.89. The average molecular weight is 360 g/mol. The summed E-state index contributed by atoms with van der Waals surface area (Å²) >= 11 is 6.02. The van der Waals surface area contributed by atoms with Crippen molar-refractivity contribution >= 4 is 35.2 Å². The van der Waals surface area contributed by atoms with Crippen LogP contribution >= 0.6 is 11.6 Å². The van der Waals surface area contributed by atoms with Crippen LogP contribution in [-0.4, -0.2) is 25.6 Å². The molecule has 5 nitrogen and oxygen atoms in total. The number of esters is 1. The summed E-state index contributed by atoms with van der Waals surface area (Å²) in [6.07, 6.45) is 2.89. The highest BCUT2D eigenvalue weighted by atomic mass is 35.5. The minimum absolute atomic E-state index is 0.400. The number of ether oxygens (including phenoxy) is 2. The fourth-order valence-electron chi connectivity index (χ4n) is 2.03. The van der Waals surface area contributed by atoms with Crippen molar-refractivity contribution in [1.29, 1.82) is 0 Å². The van der Waals surface area contributed by atoms with E-state index < -0.39 is 18.5 Å². The first-order chi connectivity index (χ1) is 12.0. The van der Waals surface area contributed by atoms with Gasteiger partial charge >= 0.3 is 5.97 Å². The van der Waals surface area contributed by atoms with Gasteiger partial charge in [0.05, 0.1) is 12.8 Å². The van der Waals surface area contributed by atoms with Gasteiger partial charge < -0.3 is 14.8 Å². The second-order valence-corrected chi connectivity index (χ2v) is 5.61. The van der Waals surface area contributed by atoms with E-state index in [-0.39, 0.29) is 0 Å². The van der Waals surface area contributed by atoms with E-state index >= 15 is 0 Å². The van der Waals surface area contributed by atoms with Crippen LogP contribution in [0.15, 0.2) is 48.5 Å². The normalized spacial score (nSPS) is 10.5. The van der Waals surface area contributed by atoms with E-state index in [0.29, 0.717) is 16.5 Å². The van der Waals surface area contributed by atoms with E-state index in [1.165, 1.54) is 13.2 Å². The molecule has 130 valence electrons. The van der Waals surface area contributed by atoms with Crippen molar-refractivity contribution in [3.63, 3.8) is 0 Å². The molecule has 6 heteroatoms. The van der Waals surface area contributed by atoms with Gasteiger partial charge in [-0.2, -0.15) is 0 Å². The van der Waals surface area contributed by atoms with E-state index in [1.54, 1.807) is 18.2 Å². The van der Waals surface area contributed by atoms with Gasteiger partial charge in [-0.3, -0.25) is 4.79 Å². The zero-order valence-corrected chi connectivity index (χ0v) is 14.7. The van der Waals surface area contributed by atoms with Crippen molar-refractivity contribution in [3.05, 3.63) is 64.7 Å². The maximum Gasteiger partial charge on any atom is 0.331 e. The molecule has 0 heterocycles. The maximum atomic E-state index is 12.0. The second-order valence-electron chi connectivity index (χ2n) is 5.20. The van der Waals surface area contributed by atoms with Gasteiger partial charge in [-0.05, 0) is 30.2 Å². The van der Waals surface area contributed by atoms with Crippen molar-refractivity contribution < 1.29 is 19.1 Å². The minimum atomic E-state index is -0.599. The van der Waals surface area contributed by atoms with Gasteiger partial charge in [0.15, 0.2) is 6.61 Å². The molecule has 0 unspecified atom stereocenters. The fourth-order valence-corrected chi connectivity index (χ4v) is 2.18. The summed E-state index contributed by atoms with van der Waals surface area (Å²) < 4.78 is 10.1. The molecular formula is C19H18ClNO4. The number of benzene rings is 2. The Balaban J connectivity index is 1.89. The predicted octanol–water partition coefficient (Wildman–Crippen LogP) is 3.85. The summed E-state index contributed by atoms with van der Waals surface area (Å²) in [5, 5.41) is 3.17. The molecular weight excluding hydrogens is 342 g/mol. The zero-order chi connectivity index (χ0) is 18.2. The number of nitrogens with one attached hydrogen (secondary N) is 1. The lowest BCUT2D eigenvalue weighted by molar-refractivity contribution is -0.142. The molecule has 0 radical (unpaired) electrons. The van der Waals surface area contributed by atoms with Crippen LogP contribution in [0, 0.1) is 6.92 Å². The molecule has 2 rings (SSSR count). The van der Waals surface area contributed by atoms with Gasteiger partial charge in [0.1, 0.15) is 5.75 Å². The topological polar surface area (TPSA) is 64.6 Å². The molecule has 1 N–H and O–H groups in total. The van der Waals surface area contributed by atoms with E-state index in [0.717, 1.165) is 11.1 Å². The fraction of sp³-hybridized carbons (Fsp3) is 0.158. The number of methoxy groups -OCH3 is 1. The molecule has 0 atom stereocenters. The van der Waals surface area contributed by atoms with Gasteiger partial charge in [-0.25, -0.2) is 4.79 Å². The molecule has 0 bridgehead atoms. The summed E-state index contributed by atoms with van der Waals surface area (Å²) in [4.78, 5) is 23.6. The molecule has 25 heavy (non-hydrogen) atoms. The molecule has 0 fully saturated rings. The van der Waals surface area contributed by atoms with Crippen molar-refractivity contribution in [1.82, 2.24) is 0 Å². The Morgan fingerprint density at radius 2 is 1.92 bits per heavy atom. The molecule has 2 aromatic carbocycles. The standard InChI is InChI=1S/C19H18ClNO4/c1-13-10-16(17(24-2)11-15(13)20)21-18(22)12-25-19(23)9-8-14-6-4-3-5-7-14/h3-11H,12H2,1-2H3,(H,21,22)/b9-8+. The van der Waals surface area contributed by atoms with Gasteiger partial charge in [-0.15, -0.1) is 0 Å². The Morgan fingerprint density at radius 3 is 2.60 bits per heavy atom. The van der Waals surface area contributed by atoms with Crippen molar-refractivity contribution in [2.24, 2.45) is 0 Å². The lowest BCUT2D eigenvalue weighted by Crippen LogP contribution is -2.20. The van der Waals surface area contributed by atoms with Crippen LogP contribution in [0.4, 0.5) is 5.69 Å². The quantitative estimate of drug-likeness (QED) is 0.628. The molecule has 0 aromatic heterocycles. The van der Waals surface area contributed by atoms with Crippen LogP contribution in [0.1, 0.15) is 11.1 Å². The lowest BCUT2D eigenvalue weighted by atomic mass is 10.2. The Labute approximate surface area is 151 Å². The van der Waals surface area contributed by atoms with E-state index in [9.17, 15) is 9.59 Å². The SMILES string of the molecule is COc1cc(Cl)c(C)cc1NC(=O)COC(=O)/C=C/c1ccccc1. The number of amides is 1. The molecule has 0 saturated carbocycles. The van der Waals surface area contributed by atoms with Crippen LogP contribution in [0.3, 0.4) is 0 Å². The van der Waals surface area contributed by atoms with Crippen LogP contribution < -0.4 is 10.1 Å². The Hall–Kier alpha value is -2.79. The monoisotopic (exact) mass is 359 g/mol. The lowest BCUT2D eigenvalue weighted by Gasteiger charge is -2.12. The number of aryl methyl sites for hydroxylation is 1. The highest BCUT2D eigenvalue weighted by molar-refractivity contribution is 6.31. The maximum absolute atomic E-state index is 12.0. The number of rotatable bonds is 6. The van der Waals surface area contributed by atoms with Crippen molar-refractivity contribution in [2.45, 2.75) is 6.92 Å². The first-order valence-electron chi connectivity index (χ1n) is 7.53. The summed E-state index contributed by atoms with van der Waals surface area (Å²) in [7, 11) is 1.48. The summed E-state index contributed by atoms with van der Waals surface area (Å²) in [6.45, 7) is 1.41. The third kappa shape index (κ3) is 5.65. The van der Waals surface area contributed by atoms with Crippen molar-refractivity contribution in [2.75, 3.05) is 19.0 Å². The molecule has 0 saturated heterocycles. The third-order valence-electron chi connectivity index (χ3n) is 3.31. The predicted molar refractivity (Wildman–Crippen MR) is 97.8 cm³/mol. The molecule has 0 spiro atoms. The molecule has 0 aliphatic rings. The highest BCUT2D eigenvalue weighted by Gasteiger charge is 2.11. The van der Waals surface area contributed by atoms with Gasteiger partial charge in [0.25, 0.3) is 5.91 Å². The largest absolute Gasteiger partial charge is 0.495 e.